The highest BCUT2D eigenvalue weighted by atomic mass is 16.4. The largest absolute Gasteiger partial charge is 0.481 e. The van der Waals surface area contributed by atoms with Gasteiger partial charge in [0.25, 0.3) is 0 Å². The summed E-state index contributed by atoms with van der Waals surface area (Å²) in [7, 11) is 0. The number of likely N-dealkylation sites (tertiary alicyclic amines) is 1. The summed E-state index contributed by atoms with van der Waals surface area (Å²) >= 11 is 0. The number of amides is 1. The molecule has 0 spiro atoms. The van der Waals surface area contributed by atoms with Crippen LogP contribution >= 0.6 is 0 Å². The first kappa shape index (κ1) is 15.5. The van der Waals surface area contributed by atoms with Crippen molar-refractivity contribution in [2.45, 2.75) is 25.2 Å². The molecule has 1 aliphatic rings. The van der Waals surface area contributed by atoms with Gasteiger partial charge in [-0.15, -0.1) is 0 Å². The van der Waals surface area contributed by atoms with E-state index in [-0.39, 0.29) is 5.91 Å². The SMILES string of the molecule is O=C(O)C(CNCCC(=O)N1CCCC1)c1ccccc1. The standard InChI is InChI=1S/C16H22N2O3/c19-15(18-10-4-5-11-18)8-9-17-12-14(16(20)21)13-6-2-1-3-7-13/h1-3,6-7,14,17H,4-5,8-12H2,(H,20,21). The summed E-state index contributed by atoms with van der Waals surface area (Å²) < 4.78 is 0. The van der Waals surface area contributed by atoms with E-state index >= 15 is 0 Å². The van der Waals surface area contributed by atoms with Crippen molar-refractivity contribution in [2.24, 2.45) is 0 Å². The average molecular weight is 290 g/mol. The molecule has 5 heteroatoms. The molecule has 0 saturated carbocycles. The smallest absolute Gasteiger partial charge is 0.312 e. The summed E-state index contributed by atoms with van der Waals surface area (Å²) in [4.78, 5) is 25.1. The zero-order valence-electron chi connectivity index (χ0n) is 12.1. The molecule has 2 N–H and O–H groups in total. The van der Waals surface area contributed by atoms with Gasteiger partial charge in [0, 0.05) is 32.6 Å². The number of aliphatic carboxylic acids is 1. The number of carbonyl (C=O) groups is 2. The minimum Gasteiger partial charge on any atom is -0.481 e. The van der Waals surface area contributed by atoms with Gasteiger partial charge in [-0.2, -0.15) is 0 Å². The zero-order valence-corrected chi connectivity index (χ0v) is 12.1. The molecule has 1 aromatic rings. The van der Waals surface area contributed by atoms with Crippen LogP contribution in [-0.2, 0) is 9.59 Å². The fraction of sp³-hybridized carbons (Fsp3) is 0.500. The van der Waals surface area contributed by atoms with Crippen LogP contribution in [0.15, 0.2) is 30.3 Å². The Labute approximate surface area is 125 Å². The van der Waals surface area contributed by atoms with E-state index in [2.05, 4.69) is 5.32 Å². The molecule has 1 aliphatic heterocycles. The lowest BCUT2D eigenvalue weighted by atomic mass is 9.99. The summed E-state index contributed by atoms with van der Waals surface area (Å²) in [6.45, 7) is 2.58. The predicted octanol–water partition coefficient (Wildman–Crippen LogP) is 1.46. The minimum absolute atomic E-state index is 0.159. The molecule has 21 heavy (non-hydrogen) atoms. The number of nitrogens with zero attached hydrogens (tertiary/aromatic N) is 1. The van der Waals surface area contributed by atoms with Gasteiger partial charge in [0.2, 0.25) is 5.91 Å². The van der Waals surface area contributed by atoms with Gasteiger partial charge in [-0.05, 0) is 18.4 Å². The molecule has 2 rings (SSSR count). The second kappa shape index (κ2) is 7.78. The van der Waals surface area contributed by atoms with Crippen LogP contribution in [-0.4, -0.2) is 48.1 Å². The van der Waals surface area contributed by atoms with E-state index in [1.165, 1.54) is 0 Å². The van der Waals surface area contributed by atoms with Crippen molar-refractivity contribution < 1.29 is 14.7 Å². The molecule has 0 radical (unpaired) electrons. The highest BCUT2D eigenvalue weighted by Gasteiger charge is 2.20. The molecule has 1 fully saturated rings. The second-order valence-corrected chi connectivity index (χ2v) is 5.34. The first-order chi connectivity index (χ1) is 10.2. The highest BCUT2D eigenvalue weighted by molar-refractivity contribution is 5.77. The van der Waals surface area contributed by atoms with E-state index in [9.17, 15) is 14.7 Å². The van der Waals surface area contributed by atoms with E-state index in [1.807, 2.05) is 35.2 Å². The van der Waals surface area contributed by atoms with Crippen LogP contribution in [0, 0.1) is 0 Å². The van der Waals surface area contributed by atoms with Gasteiger partial charge < -0.3 is 15.3 Å². The van der Waals surface area contributed by atoms with Crippen LogP contribution in [0.1, 0.15) is 30.7 Å². The summed E-state index contributed by atoms with van der Waals surface area (Å²) in [5.74, 6) is -1.26. The van der Waals surface area contributed by atoms with Crippen LogP contribution in [0.2, 0.25) is 0 Å². The van der Waals surface area contributed by atoms with Gasteiger partial charge in [-0.1, -0.05) is 30.3 Å². The first-order valence-electron chi connectivity index (χ1n) is 7.44. The number of hydrogen-bond acceptors (Lipinski definition) is 3. The molecule has 114 valence electrons. The number of hydrogen-bond donors (Lipinski definition) is 2. The third-order valence-corrected chi connectivity index (χ3v) is 3.82. The highest BCUT2D eigenvalue weighted by Crippen LogP contribution is 2.14. The topological polar surface area (TPSA) is 69.6 Å². The van der Waals surface area contributed by atoms with Crippen LogP contribution in [0.4, 0.5) is 0 Å². The molecular formula is C16H22N2O3. The number of carboxylic acids is 1. The summed E-state index contributed by atoms with van der Waals surface area (Å²) in [6.07, 6.45) is 2.61. The Kier molecular flexibility index (Phi) is 5.75. The average Bonchev–Trinajstić information content (AvgIpc) is 3.01. The Morgan fingerprint density at radius 3 is 2.48 bits per heavy atom. The minimum atomic E-state index is -0.848. The van der Waals surface area contributed by atoms with Gasteiger partial charge in [0.05, 0.1) is 5.92 Å². The first-order valence-corrected chi connectivity index (χ1v) is 7.44. The van der Waals surface area contributed by atoms with Crippen LogP contribution in [0.5, 0.6) is 0 Å². The quantitative estimate of drug-likeness (QED) is 0.746. The maximum Gasteiger partial charge on any atom is 0.312 e. The molecule has 0 bridgehead atoms. The van der Waals surface area contributed by atoms with Crippen molar-refractivity contribution in [3.05, 3.63) is 35.9 Å². The van der Waals surface area contributed by atoms with E-state index in [0.29, 0.717) is 19.5 Å². The van der Waals surface area contributed by atoms with Crippen molar-refractivity contribution in [1.82, 2.24) is 10.2 Å². The number of benzene rings is 1. The maximum atomic E-state index is 11.9. The zero-order chi connectivity index (χ0) is 15.1. The fourth-order valence-corrected chi connectivity index (χ4v) is 2.60. The van der Waals surface area contributed by atoms with Crippen molar-refractivity contribution in [2.75, 3.05) is 26.2 Å². The van der Waals surface area contributed by atoms with Crippen LogP contribution in [0.3, 0.4) is 0 Å². The summed E-state index contributed by atoms with van der Waals surface area (Å²) in [6, 6.07) is 9.17. The van der Waals surface area contributed by atoms with E-state index in [1.54, 1.807) is 0 Å². The molecule has 1 heterocycles. The fourth-order valence-electron chi connectivity index (χ4n) is 2.60. The van der Waals surface area contributed by atoms with Gasteiger partial charge in [0.15, 0.2) is 0 Å². The molecule has 1 amide bonds. The van der Waals surface area contributed by atoms with Crippen molar-refractivity contribution in [3.8, 4) is 0 Å². The van der Waals surface area contributed by atoms with E-state index in [4.69, 9.17) is 0 Å². The monoisotopic (exact) mass is 290 g/mol. The Morgan fingerprint density at radius 2 is 1.86 bits per heavy atom. The molecule has 1 aromatic carbocycles. The molecule has 0 aromatic heterocycles. The van der Waals surface area contributed by atoms with E-state index < -0.39 is 11.9 Å². The van der Waals surface area contributed by atoms with Crippen molar-refractivity contribution >= 4 is 11.9 Å². The van der Waals surface area contributed by atoms with E-state index in [0.717, 1.165) is 31.5 Å². The Bertz CT molecular complexity index is 470. The van der Waals surface area contributed by atoms with Crippen molar-refractivity contribution in [1.29, 1.82) is 0 Å². The van der Waals surface area contributed by atoms with Crippen LogP contribution in [0.25, 0.3) is 0 Å². The normalized spacial score (nSPS) is 15.9. The predicted molar refractivity (Wildman–Crippen MR) is 80.1 cm³/mol. The molecule has 1 saturated heterocycles. The third kappa shape index (κ3) is 4.56. The Morgan fingerprint density at radius 1 is 1.19 bits per heavy atom. The number of rotatable bonds is 7. The number of carboxylic acid groups (broad SMARTS) is 1. The lowest BCUT2D eigenvalue weighted by Crippen LogP contribution is -2.33. The second-order valence-electron chi connectivity index (χ2n) is 5.34. The molecule has 0 aliphatic carbocycles. The number of nitrogens with one attached hydrogen (secondary N) is 1. The molecular weight excluding hydrogens is 268 g/mol. The molecule has 1 atom stereocenters. The van der Waals surface area contributed by atoms with Gasteiger partial charge in [-0.25, -0.2) is 0 Å². The Balaban J connectivity index is 1.75. The third-order valence-electron chi connectivity index (χ3n) is 3.82. The Hall–Kier alpha value is -1.88. The van der Waals surface area contributed by atoms with Gasteiger partial charge >= 0.3 is 5.97 Å². The summed E-state index contributed by atoms with van der Waals surface area (Å²) in [5.41, 5.74) is 0.781. The molecule has 5 nitrogen and oxygen atoms in total. The molecule has 1 unspecified atom stereocenters. The van der Waals surface area contributed by atoms with Crippen LogP contribution < -0.4 is 5.32 Å². The maximum absolute atomic E-state index is 11.9. The van der Waals surface area contributed by atoms with Crippen molar-refractivity contribution in [3.63, 3.8) is 0 Å². The lowest BCUT2D eigenvalue weighted by Gasteiger charge is -2.16. The lowest BCUT2D eigenvalue weighted by molar-refractivity contribution is -0.138. The van der Waals surface area contributed by atoms with Gasteiger partial charge in [0.1, 0.15) is 0 Å². The summed E-state index contributed by atoms with van der Waals surface area (Å²) in [5, 5.41) is 12.4. The number of carbonyl (C=O) groups excluding carboxylic acids is 1. The van der Waals surface area contributed by atoms with Gasteiger partial charge in [-0.3, -0.25) is 9.59 Å².